The van der Waals surface area contributed by atoms with Gasteiger partial charge in [0.15, 0.2) is 5.75 Å². The van der Waals surface area contributed by atoms with Gasteiger partial charge in [0.2, 0.25) is 5.91 Å². The van der Waals surface area contributed by atoms with Crippen LogP contribution in [0.5, 0.6) is 5.75 Å². The molecule has 10 nitrogen and oxygen atoms in total. The number of carbonyl (C=O) groups is 2. The Morgan fingerprint density at radius 2 is 2.06 bits per heavy atom. The predicted molar refractivity (Wildman–Crippen MR) is 126 cm³/mol. The molecule has 2 aromatic heterocycles. The lowest BCUT2D eigenvalue weighted by Crippen LogP contribution is -2.48. The predicted octanol–water partition coefficient (Wildman–Crippen LogP) is 2.50. The van der Waals surface area contributed by atoms with Gasteiger partial charge in [-0.25, -0.2) is 4.98 Å². The number of nitrogens with two attached hydrogens (primary N) is 1. The molecule has 3 atom stereocenters. The molecule has 1 aliphatic heterocycles. The first-order valence-corrected chi connectivity index (χ1v) is 11.8. The Morgan fingerprint density at radius 1 is 1.32 bits per heavy atom. The first kappa shape index (κ1) is 23.7. The molecule has 0 bridgehead atoms. The molecule has 0 radical (unpaired) electrons. The highest BCUT2D eigenvalue weighted by atomic mass is 32.1. The number of aryl methyl sites for hydroxylation is 1. The van der Waals surface area contributed by atoms with Gasteiger partial charge in [-0.2, -0.15) is 5.48 Å². The third-order valence-electron chi connectivity index (χ3n) is 5.73. The lowest BCUT2D eigenvalue weighted by atomic mass is 9.91. The number of hydroxylamine groups is 1. The molecule has 0 spiro atoms. The summed E-state index contributed by atoms with van der Waals surface area (Å²) in [6, 6.07) is 7.87. The Balaban J connectivity index is 1.43. The average Bonchev–Trinajstić information content (AvgIpc) is 3.52. The van der Waals surface area contributed by atoms with Gasteiger partial charge in [-0.05, 0) is 42.7 Å². The molecule has 11 heteroatoms. The molecule has 4 N–H and O–H groups in total. The van der Waals surface area contributed by atoms with Crippen LogP contribution in [-0.4, -0.2) is 50.7 Å². The van der Waals surface area contributed by atoms with Gasteiger partial charge < -0.3 is 25.1 Å². The number of benzene rings is 1. The summed E-state index contributed by atoms with van der Waals surface area (Å²) >= 11 is 1.43. The number of β-amino-alcohol motifs (C(OH)–C–C–N with tert-alkyl or cyclic N) is 1. The monoisotopic (exact) mass is 485 g/mol. The molecule has 1 fully saturated rings. The molecular formula is C23H27N5O5S. The number of rotatable bonds is 7. The Bertz CT molecular complexity index is 1160. The molecule has 0 unspecified atom stereocenters. The maximum Gasteiger partial charge on any atom is 0.275 e. The summed E-state index contributed by atoms with van der Waals surface area (Å²) in [6.45, 7) is 5.63. The van der Waals surface area contributed by atoms with Gasteiger partial charge in [0.1, 0.15) is 23.5 Å². The lowest BCUT2D eigenvalue weighted by molar-refractivity contribution is -0.143. The molecule has 1 aromatic carbocycles. The number of anilines is 1. The molecular weight excluding hydrogens is 458 g/mol. The van der Waals surface area contributed by atoms with Crippen LogP contribution >= 0.6 is 11.3 Å². The molecule has 1 aliphatic rings. The highest BCUT2D eigenvalue weighted by Gasteiger charge is 2.43. The SMILES string of the molecule is Cc1cc([C@@H](C(=O)N2C[C@H](O)C[C@H]2C(=O)NOc2ccc(-c3scnc3N)cc2)C(C)C)on1. The lowest BCUT2D eigenvalue weighted by Gasteiger charge is -2.28. The number of aliphatic hydroxyl groups is 1. The third kappa shape index (κ3) is 4.90. The maximum atomic E-state index is 13.4. The van der Waals surface area contributed by atoms with E-state index in [9.17, 15) is 14.7 Å². The first-order chi connectivity index (χ1) is 16.2. The van der Waals surface area contributed by atoms with Crippen molar-refractivity contribution in [2.45, 2.75) is 45.3 Å². The van der Waals surface area contributed by atoms with Crippen molar-refractivity contribution in [2.24, 2.45) is 5.92 Å². The molecule has 3 heterocycles. The Hall–Kier alpha value is -3.44. The van der Waals surface area contributed by atoms with E-state index in [2.05, 4.69) is 15.6 Å². The average molecular weight is 486 g/mol. The Labute approximate surface area is 200 Å². The zero-order chi connectivity index (χ0) is 24.4. The van der Waals surface area contributed by atoms with Crippen molar-refractivity contribution < 1.29 is 24.1 Å². The molecule has 2 amide bonds. The zero-order valence-corrected chi connectivity index (χ0v) is 19.9. The van der Waals surface area contributed by atoms with Crippen LogP contribution in [0.2, 0.25) is 0 Å². The highest BCUT2D eigenvalue weighted by Crippen LogP contribution is 2.32. The van der Waals surface area contributed by atoms with Gasteiger partial charge >= 0.3 is 0 Å². The molecule has 0 aliphatic carbocycles. The number of hydrogen-bond donors (Lipinski definition) is 3. The van der Waals surface area contributed by atoms with Crippen LogP contribution in [0.3, 0.4) is 0 Å². The van der Waals surface area contributed by atoms with Crippen molar-refractivity contribution >= 4 is 29.0 Å². The number of nitrogens with one attached hydrogen (secondary N) is 1. The third-order valence-corrected chi connectivity index (χ3v) is 6.62. The second-order valence-corrected chi connectivity index (χ2v) is 9.50. The van der Waals surface area contributed by atoms with Crippen molar-refractivity contribution in [2.75, 3.05) is 12.3 Å². The van der Waals surface area contributed by atoms with E-state index in [0.717, 1.165) is 10.4 Å². The van der Waals surface area contributed by atoms with Crippen LogP contribution in [-0.2, 0) is 9.59 Å². The number of thiazole rings is 1. The van der Waals surface area contributed by atoms with Gasteiger partial charge in [0.05, 0.1) is 22.2 Å². The van der Waals surface area contributed by atoms with Crippen LogP contribution in [0.4, 0.5) is 5.82 Å². The smallest absolute Gasteiger partial charge is 0.275 e. The van der Waals surface area contributed by atoms with E-state index in [1.165, 1.54) is 16.2 Å². The fourth-order valence-corrected chi connectivity index (χ4v) is 4.79. The molecule has 0 saturated carbocycles. The Kier molecular flexibility index (Phi) is 6.85. The van der Waals surface area contributed by atoms with Gasteiger partial charge in [-0.15, -0.1) is 11.3 Å². The number of aromatic nitrogens is 2. The first-order valence-electron chi connectivity index (χ1n) is 10.9. The van der Waals surface area contributed by atoms with E-state index in [4.69, 9.17) is 15.1 Å². The minimum absolute atomic E-state index is 0.0538. The molecule has 1 saturated heterocycles. The van der Waals surface area contributed by atoms with Crippen molar-refractivity contribution in [3.8, 4) is 16.2 Å². The molecule has 4 rings (SSSR count). The minimum Gasteiger partial charge on any atom is -0.391 e. The van der Waals surface area contributed by atoms with Gasteiger partial charge in [0.25, 0.3) is 5.91 Å². The van der Waals surface area contributed by atoms with Crippen molar-refractivity contribution in [1.29, 1.82) is 0 Å². The number of amides is 2. The van der Waals surface area contributed by atoms with E-state index in [0.29, 0.717) is 23.0 Å². The van der Waals surface area contributed by atoms with Gasteiger partial charge in [0, 0.05) is 19.0 Å². The number of aliphatic hydroxyl groups excluding tert-OH is 1. The summed E-state index contributed by atoms with van der Waals surface area (Å²) in [4.78, 5) is 38.0. The maximum absolute atomic E-state index is 13.4. The van der Waals surface area contributed by atoms with Crippen molar-refractivity contribution in [3.05, 3.63) is 47.3 Å². The minimum atomic E-state index is -0.871. The Morgan fingerprint density at radius 3 is 2.65 bits per heavy atom. The van der Waals surface area contributed by atoms with Crippen LogP contribution < -0.4 is 16.1 Å². The van der Waals surface area contributed by atoms with Crippen molar-refractivity contribution in [3.63, 3.8) is 0 Å². The highest BCUT2D eigenvalue weighted by molar-refractivity contribution is 7.13. The summed E-state index contributed by atoms with van der Waals surface area (Å²) < 4.78 is 5.34. The standard InChI is InChI=1S/C23H27N5O5S/c1-12(2)19(18-8-13(3)26-33-18)23(31)28-10-15(29)9-17(28)22(30)27-32-16-6-4-14(5-7-16)20-21(24)25-11-34-20/h4-8,11-12,15,17,19,29H,9-10,24H2,1-3H3,(H,27,30)/t15-,17+,19+/m1/s1. The largest absolute Gasteiger partial charge is 0.391 e. The van der Waals surface area contributed by atoms with E-state index in [1.807, 2.05) is 26.0 Å². The molecule has 180 valence electrons. The van der Waals surface area contributed by atoms with Crippen LogP contribution in [0, 0.1) is 12.8 Å². The summed E-state index contributed by atoms with van der Waals surface area (Å²) in [5.74, 6) is -0.217. The summed E-state index contributed by atoms with van der Waals surface area (Å²) in [6.07, 6.45) is -0.696. The van der Waals surface area contributed by atoms with Gasteiger partial charge in [-0.1, -0.05) is 19.0 Å². The number of carbonyl (C=O) groups excluding carboxylic acids is 2. The van der Waals surface area contributed by atoms with Crippen LogP contribution in [0.15, 0.2) is 40.4 Å². The number of hydrogen-bond acceptors (Lipinski definition) is 9. The van der Waals surface area contributed by atoms with Crippen LogP contribution in [0.1, 0.15) is 37.6 Å². The summed E-state index contributed by atoms with van der Waals surface area (Å²) in [5, 5.41) is 14.1. The quantitative estimate of drug-likeness (QED) is 0.433. The number of nitrogens with zero attached hydrogens (tertiary/aromatic N) is 3. The van der Waals surface area contributed by atoms with Gasteiger partial charge in [-0.3, -0.25) is 9.59 Å². The molecule has 34 heavy (non-hydrogen) atoms. The second kappa shape index (κ2) is 9.82. The van der Waals surface area contributed by atoms with E-state index < -0.39 is 24.0 Å². The topological polar surface area (TPSA) is 144 Å². The fraction of sp³-hybridized carbons (Fsp3) is 0.391. The zero-order valence-electron chi connectivity index (χ0n) is 19.1. The second-order valence-electron chi connectivity index (χ2n) is 8.65. The number of nitrogen functional groups attached to an aromatic ring is 1. The summed E-state index contributed by atoms with van der Waals surface area (Å²) in [7, 11) is 0. The van der Waals surface area contributed by atoms with Crippen molar-refractivity contribution in [1.82, 2.24) is 20.5 Å². The van der Waals surface area contributed by atoms with E-state index in [-0.39, 0.29) is 24.8 Å². The van der Waals surface area contributed by atoms with Crippen LogP contribution in [0.25, 0.3) is 10.4 Å². The van der Waals surface area contributed by atoms with E-state index >= 15 is 0 Å². The number of likely N-dealkylation sites (tertiary alicyclic amines) is 1. The fourth-order valence-electron chi connectivity index (χ4n) is 4.07. The summed E-state index contributed by atoms with van der Waals surface area (Å²) in [5.41, 5.74) is 11.5. The van der Waals surface area contributed by atoms with E-state index in [1.54, 1.807) is 30.6 Å². The molecule has 3 aromatic rings. The normalized spacial score (nSPS) is 18.8.